The van der Waals surface area contributed by atoms with E-state index in [4.69, 9.17) is 4.84 Å². The van der Waals surface area contributed by atoms with E-state index in [0.717, 1.165) is 12.8 Å². The normalized spacial score (nSPS) is 18.2. The molecule has 13 heavy (non-hydrogen) atoms. The Morgan fingerprint density at radius 2 is 1.92 bits per heavy atom. The highest BCUT2D eigenvalue weighted by Crippen LogP contribution is 2.19. The highest BCUT2D eigenvalue weighted by molar-refractivity contribution is 5.71. The predicted octanol–water partition coefficient (Wildman–Crippen LogP) is 1.11. The molecule has 5 heteroatoms. The Bertz CT molecular complexity index is 157. The highest BCUT2D eigenvalue weighted by atomic mass is 16.7. The minimum absolute atomic E-state index is 0.163. The van der Waals surface area contributed by atoms with Gasteiger partial charge in [-0.1, -0.05) is 19.3 Å². The van der Waals surface area contributed by atoms with Gasteiger partial charge in [0.05, 0.1) is 13.2 Å². The average molecular weight is 188 g/mol. The summed E-state index contributed by atoms with van der Waals surface area (Å²) in [4.78, 5) is 20.4. The molecule has 76 valence electrons. The molecule has 1 rings (SSSR count). The van der Waals surface area contributed by atoms with Crippen LogP contribution in [0.1, 0.15) is 32.1 Å². The number of hydrogen-bond donors (Lipinski definition) is 2. The summed E-state index contributed by atoms with van der Waals surface area (Å²) < 4.78 is 0. The number of urea groups is 1. The monoisotopic (exact) mass is 188 g/mol. The fraction of sp³-hybridized carbons (Fsp3) is 0.875. The Kier molecular flexibility index (Phi) is 4.56. The van der Waals surface area contributed by atoms with E-state index in [1.54, 1.807) is 0 Å². The third-order valence-electron chi connectivity index (χ3n) is 2.07. The van der Waals surface area contributed by atoms with Gasteiger partial charge in [0.25, 0.3) is 0 Å². The van der Waals surface area contributed by atoms with E-state index in [1.807, 2.05) is 0 Å². The molecule has 0 aliphatic heterocycles. The minimum Gasteiger partial charge on any atom is -0.275 e. The van der Waals surface area contributed by atoms with E-state index in [-0.39, 0.29) is 6.10 Å². The van der Waals surface area contributed by atoms with E-state index in [9.17, 15) is 4.79 Å². The van der Waals surface area contributed by atoms with E-state index >= 15 is 0 Å². The number of amides is 2. The van der Waals surface area contributed by atoms with Gasteiger partial charge in [0.2, 0.25) is 0 Å². The van der Waals surface area contributed by atoms with Crippen LogP contribution in [0.5, 0.6) is 0 Å². The van der Waals surface area contributed by atoms with E-state index < -0.39 is 6.03 Å². The van der Waals surface area contributed by atoms with Crippen LogP contribution in [0.3, 0.4) is 0 Å². The first-order valence-corrected chi connectivity index (χ1v) is 4.57. The molecule has 5 nitrogen and oxygen atoms in total. The molecular weight excluding hydrogens is 172 g/mol. The van der Waals surface area contributed by atoms with Gasteiger partial charge in [0.15, 0.2) is 0 Å². The summed E-state index contributed by atoms with van der Waals surface area (Å²) in [6, 6.07) is -0.465. The molecule has 0 aromatic heterocycles. The maximum absolute atomic E-state index is 10.8. The molecule has 0 bridgehead atoms. The lowest BCUT2D eigenvalue weighted by molar-refractivity contribution is -0.0315. The SMILES string of the molecule is CONC(=O)NOC1CCCCC1. The Balaban J connectivity index is 2.06. The molecule has 0 aromatic carbocycles. The minimum atomic E-state index is -0.465. The Labute approximate surface area is 77.7 Å². The summed E-state index contributed by atoms with van der Waals surface area (Å²) in [6.07, 6.45) is 5.83. The molecule has 1 aliphatic carbocycles. The van der Waals surface area contributed by atoms with E-state index in [1.165, 1.54) is 26.4 Å². The smallest absolute Gasteiger partial charge is 0.275 e. The van der Waals surface area contributed by atoms with Crippen molar-refractivity contribution in [1.82, 2.24) is 11.0 Å². The predicted molar refractivity (Wildman–Crippen MR) is 46.6 cm³/mol. The first-order chi connectivity index (χ1) is 6.33. The first-order valence-electron chi connectivity index (χ1n) is 4.57. The topological polar surface area (TPSA) is 59.6 Å². The molecule has 1 saturated carbocycles. The fourth-order valence-electron chi connectivity index (χ4n) is 1.43. The first kappa shape index (κ1) is 10.3. The second-order valence-electron chi connectivity index (χ2n) is 3.12. The molecule has 0 spiro atoms. The molecule has 0 atom stereocenters. The van der Waals surface area contributed by atoms with Crippen LogP contribution in [0, 0.1) is 0 Å². The number of hydrogen-bond acceptors (Lipinski definition) is 3. The summed E-state index contributed by atoms with van der Waals surface area (Å²) in [5, 5.41) is 0. The van der Waals surface area contributed by atoms with Gasteiger partial charge in [-0.3, -0.25) is 9.68 Å². The zero-order valence-corrected chi connectivity index (χ0v) is 7.84. The molecular formula is C8H16N2O3. The van der Waals surface area contributed by atoms with Crippen molar-refractivity contribution in [2.45, 2.75) is 38.2 Å². The van der Waals surface area contributed by atoms with Gasteiger partial charge in [-0.05, 0) is 12.8 Å². The number of nitrogens with one attached hydrogen (secondary N) is 2. The van der Waals surface area contributed by atoms with Crippen LogP contribution in [0.15, 0.2) is 0 Å². The molecule has 0 saturated heterocycles. The quantitative estimate of drug-likeness (QED) is 0.652. The lowest BCUT2D eigenvalue weighted by Gasteiger charge is -2.21. The second kappa shape index (κ2) is 5.77. The molecule has 1 fully saturated rings. The Morgan fingerprint density at radius 1 is 1.23 bits per heavy atom. The Morgan fingerprint density at radius 3 is 2.54 bits per heavy atom. The third-order valence-corrected chi connectivity index (χ3v) is 2.07. The summed E-state index contributed by atoms with van der Waals surface area (Å²) in [5.74, 6) is 0. The standard InChI is InChI=1S/C8H16N2O3/c1-12-9-8(11)10-13-7-5-3-2-4-6-7/h7H,2-6H2,1H3,(H2,9,10,11). The summed E-state index contributed by atoms with van der Waals surface area (Å²) in [6.45, 7) is 0. The van der Waals surface area contributed by atoms with Crippen molar-refractivity contribution < 1.29 is 14.5 Å². The van der Waals surface area contributed by atoms with Gasteiger partial charge in [-0.15, -0.1) is 0 Å². The van der Waals surface area contributed by atoms with Crippen LogP contribution in [-0.2, 0) is 9.68 Å². The van der Waals surface area contributed by atoms with Crippen molar-refractivity contribution >= 4 is 6.03 Å². The number of hydroxylamine groups is 2. The number of carbonyl (C=O) groups is 1. The van der Waals surface area contributed by atoms with Gasteiger partial charge in [-0.25, -0.2) is 15.8 Å². The van der Waals surface area contributed by atoms with Gasteiger partial charge < -0.3 is 0 Å². The van der Waals surface area contributed by atoms with Gasteiger partial charge in [-0.2, -0.15) is 0 Å². The fourth-order valence-corrected chi connectivity index (χ4v) is 1.43. The largest absolute Gasteiger partial charge is 0.362 e. The Hall–Kier alpha value is -0.810. The molecule has 0 aromatic rings. The van der Waals surface area contributed by atoms with Crippen LogP contribution in [0.4, 0.5) is 4.79 Å². The molecule has 0 heterocycles. The lowest BCUT2D eigenvalue weighted by atomic mass is 9.98. The van der Waals surface area contributed by atoms with Crippen molar-refractivity contribution in [2.24, 2.45) is 0 Å². The van der Waals surface area contributed by atoms with Crippen LogP contribution in [-0.4, -0.2) is 19.2 Å². The van der Waals surface area contributed by atoms with Gasteiger partial charge >= 0.3 is 6.03 Å². The zero-order valence-electron chi connectivity index (χ0n) is 7.84. The van der Waals surface area contributed by atoms with Crippen molar-refractivity contribution in [3.8, 4) is 0 Å². The lowest BCUT2D eigenvalue weighted by Crippen LogP contribution is -2.37. The molecule has 2 N–H and O–H groups in total. The van der Waals surface area contributed by atoms with E-state index in [2.05, 4.69) is 15.8 Å². The summed E-state index contributed by atoms with van der Waals surface area (Å²) in [5.41, 5.74) is 4.39. The van der Waals surface area contributed by atoms with Gasteiger partial charge in [0, 0.05) is 0 Å². The van der Waals surface area contributed by atoms with Crippen LogP contribution in [0.2, 0.25) is 0 Å². The third kappa shape index (κ3) is 4.10. The molecule has 0 radical (unpaired) electrons. The molecule has 0 unspecified atom stereocenters. The molecule has 1 aliphatic rings. The van der Waals surface area contributed by atoms with Crippen molar-refractivity contribution in [2.75, 3.05) is 7.11 Å². The van der Waals surface area contributed by atoms with E-state index in [0.29, 0.717) is 0 Å². The van der Waals surface area contributed by atoms with Crippen molar-refractivity contribution in [3.05, 3.63) is 0 Å². The maximum Gasteiger partial charge on any atom is 0.362 e. The van der Waals surface area contributed by atoms with Crippen molar-refractivity contribution in [3.63, 3.8) is 0 Å². The average Bonchev–Trinajstić information content (AvgIpc) is 2.17. The number of carbonyl (C=O) groups excluding carboxylic acids is 1. The summed E-state index contributed by atoms with van der Waals surface area (Å²) >= 11 is 0. The maximum atomic E-state index is 10.8. The summed E-state index contributed by atoms with van der Waals surface area (Å²) in [7, 11) is 1.38. The van der Waals surface area contributed by atoms with Crippen LogP contribution in [0.25, 0.3) is 0 Å². The van der Waals surface area contributed by atoms with Crippen molar-refractivity contribution in [1.29, 1.82) is 0 Å². The number of rotatable bonds is 3. The second-order valence-corrected chi connectivity index (χ2v) is 3.12. The van der Waals surface area contributed by atoms with Gasteiger partial charge in [0.1, 0.15) is 0 Å². The van der Waals surface area contributed by atoms with Crippen LogP contribution < -0.4 is 11.0 Å². The van der Waals surface area contributed by atoms with Crippen LogP contribution >= 0.6 is 0 Å². The zero-order chi connectivity index (χ0) is 9.52. The molecule has 2 amide bonds. The highest BCUT2D eigenvalue weighted by Gasteiger charge is 2.14.